The van der Waals surface area contributed by atoms with Gasteiger partial charge < -0.3 is 10.1 Å². The monoisotopic (exact) mass is 187 g/mol. The molecule has 0 aliphatic rings. The van der Waals surface area contributed by atoms with Crippen LogP contribution in [0.5, 0.6) is 0 Å². The first kappa shape index (κ1) is 12.4. The first-order chi connectivity index (χ1) is 6.31. The lowest BCUT2D eigenvalue weighted by molar-refractivity contribution is -0.143. The molecular formula is C10H21NO2. The number of esters is 1. The minimum atomic E-state index is -0.0861. The van der Waals surface area contributed by atoms with Gasteiger partial charge in [-0.15, -0.1) is 0 Å². The Morgan fingerprint density at radius 3 is 2.62 bits per heavy atom. The van der Waals surface area contributed by atoms with E-state index in [1.54, 1.807) is 0 Å². The van der Waals surface area contributed by atoms with Gasteiger partial charge in [-0.05, 0) is 19.4 Å². The lowest BCUT2D eigenvalue weighted by atomic mass is 10.3. The molecule has 0 aliphatic carbocycles. The van der Waals surface area contributed by atoms with Crippen LogP contribution < -0.4 is 5.32 Å². The maximum Gasteiger partial charge on any atom is 0.307 e. The van der Waals surface area contributed by atoms with Crippen molar-refractivity contribution in [1.29, 1.82) is 0 Å². The highest BCUT2D eigenvalue weighted by Crippen LogP contribution is 1.91. The predicted molar refractivity (Wildman–Crippen MR) is 53.6 cm³/mol. The summed E-state index contributed by atoms with van der Waals surface area (Å²) in [4.78, 5) is 11.0. The molecule has 3 heteroatoms. The van der Waals surface area contributed by atoms with Crippen LogP contribution in [0.25, 0.3) is 0 Å². The maximum atomic E-state index is 11.0. The molecule has 0 aromatic heterocycles. The Labute approximate surface area is 80.8 Å². The highest BCUT2D eigenvalue weighted by atomic mass is 16.5. The number of carbonyl (C=O) groups is 1. The average molecular weight is 187 g/mol. The summed E-state index contributed by atoms with van der Waals surface area (Å²) < 4.78 is 4.98. The van der Waals surface area contributed by atoms with Crippen LogP contribution in [-0.2, 0) is 9.53 Å². The maximum absolute atomic E-state index is 11.0. The van der Waals surface area contributed by atoms with Gasteiger partial charge in [0.2, 0.25) is 0 Å². The van der Waals surface area contributed by atoms with Crippen molar-refractivity contribution in [1.82, 2.24) is 5.32 Å². The number of ether oxygens (including phenoxy) is 1. The van der Waals surface area contributed by atoms with Gasteiger partial charge in [0.05, 0.1) is 13.0 Å². The topological polar surface area (TPSA) is 38.3 Å². The van der Waals surface area contributed by atoms with Gasteiger partial charge in [-0.1, -0.05) is 20.3 Å². The van der Waals surface area contributed by atoms with Crippen LogP contribution in [0.1, 0.15) is 39.5 Å². The Bertz CT molecular complexity index is 126. The van der Waals surface area contributed by atoms with Crippen molar-refractivity contribution in [3.63, 3.8) is 0 Å². The molecule has 0 aliphatic heterocycles. The molecule has 0 saturated heterocycles. The van der Waals surface area contributed by atoms with E-state index in [9.17, 15) is 4.79 Å². The minimum Gasteiger partial charge on any atom is -0.466 e. The Morgan fingerprint density at radius 1 is 1.23 bits per heavy atom. The van der Waals surface area contributed by atoms with Crippen LogP contribution >= 0.6 is 0 Å². The third kappa shape index (κ3) is 9.34. The van der Waals surface area contributed by atoms with Crippen molar-refractivity contribution < 1.29 is 9.53 Å². The van der Waals surface area contributed by atoms with E-state index < -0.39 is 0 Å². The molecule has 0 spiro atoms. The number of unbranched alkanes of at least 4 members (excludes halogenated alkanes) is 1. The summed E-state index contributed by atoms with van der Waals surface area (Å²) in [6.07, 6.45) is 3.63. The van der Waals surface area contributed by atoms with Crippen LogP contribution in [0.4, 0.5) is 0 Å². The molecule has 0 atom stereocenters. The lowest BCUT2D eigenvalue weighted by Crippen LogP contribution is -2.20. The molecule has 0 bridgehead atoms. The molecule has 78 valence electrons. The van der Waals surface area contributed by atoms with Crippen LogP contribution in [0.2, 0.25) is 0 Å². The summed E-state index contributed by atoms with van der Waals surface area (Å²) in [7, 11) is 0. The molecule has 13 heavy (non-hydrogen) atoms. The fraction of sp³-hybridized carbons (Fsp3) is 0.900. The van der Waals surface area contributed by atoms with Gasteiger partial charge in [-0.25, -0.2) is 0 Å². The van der Waals surface area contributed by atoms with Gasteiger partial charge >= 0.3 is 5.97 Å². The van der Waals surface area contributed by atoms with Crippen molar-refractivity contribution in [3.8, 4) is 0 Å². The molecule has 0 saturated carbocycles. The smallest absolute Gasteiger partial charge is 0.307 e. The second kappa shape index (κ2) is 9.52. The lowest BCUT2D eigenvalue weighted by Gasteiger charge is -2.04. The second-order valence-electron chi connectivity index (χ2n) is 3.07. The Kier molecular flexibility index (Phi) is 9.10. The van der Waals surface area contributed by atoms with Gasteiger partial charge in [0.25, 0.3) is 0 Å². The Hall–Kier alpha value is -0.570. The predicted octanol–water partition coefficient (Wildman–Crippen LogP) is 1.72. The summed E-state index contributed by atoms with van der Waals surface area (Å²) in [5.74, 6) is -0.0861. The van der Waals surface area contributed by atoms with Gasteiger partial charge in [0.15, 0.2) is 0 Å². The van der Waals surface area contributed by atoms with Gasteiger partial charge in [0, 0.05) is 6.54 Å². The van der Waals surface area contributed by atoms with E-state index in [-0.39, 0.29) is 5.97 Å². The first-order valence-corrected chi connectivity index (χ1v) is 5.17. The number of hydrogen-bond acceptors (Lipinski definition) is 3. The standard InChI is InChI=1S/C10H21NO2/c1-3-5-9-13-10(12)6-8-11-7-4-2/h11H,3-9H2,1-2H3. The summed E-state index contributed by atoms with van der Waals surface area (Å²) in [5.41, 5.74) is 0. The number of rotatable bonds is 8. The molecule has 0 amide bonds. The Balaban J connectivity index is 3.11. The highest BCUT2D eigenvalue weighted by molar-refractivity contribution is 5.69. The zero-order chi connectivity index (χ0) is 9.94. The molecule has 0 fully saturated rings. The summed E-state index contributed by atoms with van der Waals surface area (Å²) >= 11 is 0. The molecule has 0 radical (unpaired) electrons. The molecular weight excluding hydrogens is 166 g/mol. The van der Waals surface area contributed by atoms with Gasteiger partial charge in [-0.2, -0.15) is 0 Å². The zero-order valence-corrected chi connectivity index (χ0v) is 8.77. The molecule has 1 N–H and O–H groups in total. The number of hydrogen-bond donors (Lipinski definition) is 1. The van der Waals surface area contributed by atoms with E-state index in [2.05, 4.69) is 19.2 Å². The normalized spacial score (nSPS) is 10.0. The summed E-state index contributed by atoms with van der Waals surface area (Å²) in [6, 6.07) is 0. The van der Waals surface area contributed by atoms with Crippen LogP contribution in [-0.4, -0.2) is 25.7 Å². The quantitative estimate of drug-likeness (QED) is 0.464. The molecule has 0 unspecified atom stereocenters. The zero-order valence-electron chi connectivity index (χ0n) is 8.77. The van der Waals surface area contributed by atoms with Crippen LogP contribution in [0.15, 0.2) is 0 Å². The van der Waals surface area contributed by atoms with E-state index in [1.807, 2.05) is 0 Å². The molecule has 0 aromatic rings. The van der Waals surface area contributed by atoms with E-state index in [0.29, 0.717) is 13.0 Å². The van der Waals surface area contributed by atoms with E-state index in [0.717, 1.165) is 32.4 Å². The largest absolute Gasteiger partial charge is 0.466 e. The number of carbonyl (C=O) groups excluding carboxylic acids is 1. The van der Waals surface area contributed by atoms with Gasteiger partial charge in [-0.3, -0.25) is 4.79 Å². The third-order valence-electron chi connectivity index (χ3n) is 1.69. The van der Waals surface area contributed by atoms with Crippen molar-refractivity contribution in [2.75, 3.05) is 19.7 Å². The molecule has 3 nitrogen and oxygen atoms in total. The minimum absolute atomic E-state index is 0.0861. The van der Waals surface area contributed by atoms with Gasteiger partial charge in [0.1, 0.15) is 0 Å². The molecule has 0 aromatic carbocycles. The SMILES string of the molecule is CCCCOC(=O)CCNCCC. The summed E-state index contributed by atoms with van der Waals surface area (Å²) in [6.45, 7) is 6.47. The van der Waals surface area contributed by atoms with E-state index in [1.165, 1.54) is 0 Å². The molecule has 0 heterocycles. The van der Waals surface area contributed by atoms with Crippen LogP contribution in [0, 0.1) is 0 Å². The van der Waals surface area contributed by atoms with E-state index >= 15 is 0 Å². The van der Waals surface area contributed by atoms with Crippen molar-refractivity contribution >= 4 is 5.97 Å². The van der Waals surface area contributed by atoms with Crippen molar-refractivity contribution in [3.05, 3.63) is 0 Å². The van der Waals surface area contributed by atoms with Crippen molar-refractivity contribution in [2.24, 2.45) is 0 Å². The Morgan fingerprint density at radius 2 is 2.00 bits per heavy atom. The molecule has 0 rings (SSSR count). The second-order valence-corrected chi connectivity index (χ2v) is 3.07. The first-order valence-electron chi connectivity index (χ1n) is 5.17. The fourth-order valence-electron chi connectivity index (χ4n) is 0.895. The van der Waals surface area contributed by atoms with Crippen molar-refractivity contribution in [2.45, 2.75) is 39.5 Å². The summed E-state index contributed by atoms with van der Waals surface area (Å²) in [5, 5.41) is 3.16. The van der Waals surface area contributed by atoms with E-state index in [4.69, 9.17) is 4.74 Å². The third-order valence-corrected chi connectivity index (χ3v) is 1.69. The average Bonchev–Trinajstić information content (AvgIpc) is 2.13. The highest BCUT2D eigenvalue weighted by Gasteiger charge is 2.00. The van der Waals surface area contributed by atoms with Crippen LogP contribution in [0.3, 0.4) is 0 Å². The fourth-order valence-corrected chi connectivity index (χ4v) is 0.895. The number of nitrogens with one attached hydrogen (secondary N) is 1.